The lowest BCUT2D eigenvalue weighted by Crippen LogP contribution is -2.18. The van der Waals surface area contributed by atoms with Crippen LogP contribution >= 0.6 is 0 Å². The van der Waals surface area contributed by atoms with Crippen LogP contribution in [0.15, 0.2) is 35.9 Å². The smallest absolute Gasteiger partial charge is 0.120 e. The van der Waals surface area contributed by atoms with Gasteiger partial charge in [-0.05, 0) is 26.8 Å². The number of phenolic OH excluding ortho intramolecular Hbond substituents is 1. The summed E-state index contributed by atoms with van der Waals surface area (Å²) >= 11 is 0. The van der Waals surface area contributed by atoms with Gasteiger partial charge in [-0.3, -0.25) is 0 Å². The number of para-hydroxylation sites is 1. The maximum Gasteiger partial charge on any atom is 0.120 e. The molecule has 1 aromatic carbocycles. The van der Waals surface area contributed by atoms with Gasteiger partial charge in [0.05, 0.1) is 0 Å². The topological polar surface area (TPSA) is 32.3 Å². The quantitative estimate of drug-likeness (QED) is 0.741. The van der Waals surface area contributed by atoms with Gasteiger partial charge in [-0.15, -0.1) is 0 Å². The average Bonchev–Trinajstić information content (AvgIpc) is 2.17. The highest BCUT2D eigenvalue weighted by Gasteiger charge is 2.07. The molecule has 0 amide bonds. The number of phenols is 1. The van der Waals surface area contributed by atoms with E-state index >= 15 is 0 Å². The summed E-state index contributed by atoms with van der Waals surface area (Å²) in [5.74, 6) is 0.356. The van der Waals surface area contributed by atoms with E-state index in [2.05, 4.69) is 25.2 Å². The lowest BCUT2D eigenvalue weighted by Gasteiger charge is -2.14. The van der Waals surface area contributed by atoms with E-state index in [1.165, 1.54) is 5.57 Å². The lowest BCUT2D eigenvalue weighted by molar-refractivity contribution is 0.456. The van der Waals surface area contributed by atoms with Gasteiger partial charge in [-0.1, -0.05) is 29.8 Å². The number of rotatable bonds is 4. The molecule has 82 valence electrons. The van der Waals surface area contributed by atoms with Gasteiger partial charge in [0, 0.05) is 18.2 Å². The zero-order valence-corrected chi connectivity index (χ0v) is 9.62. The summed E-state index contributed by atoms with van der Waals surface area (Å²) in [7, 11) is 0. The molecule has 15 heavy (non-hydrogen) atoms. The molecule has 2 nitrogen and oxygen atoms in total. The summed E-state index contributed by atoms with van der Waals surface area (Å²) < 4.78 is 0. The molecule has 1 aromatic rings. The van der Waals surface area contributed by atoms with Gasteiger partial charge in [0.25, 0.3) is 0 Å². The fourth-order valence-corrected chi connectivity index (χ4v) is 1.40. The van der Waals surface area contributed by atoms with E-state index in [0.29, 0.717) is 5.75 Å². The third-order valence-electron chi connectivity index (χ3n) is 2.34. The van der Waals surface area contributed by atoms with Crippen LogP contribution in [0.25, 0.3) is 0 Å². The summed E-state index contributed by atoms with van der Waals surface area (Å²) in [6, 6.07) is 7.60. The number of hydrogen-bond donors (Lipinski definition) is 2. The van der Waals surface area contributed by atoms with Gasteiger partial charge in [0.2, 0.25) is 0 Å². The van der Waals surface area contributed by atoms with Crippen molar-refractivity contribution < 1.29 is 5.11 Å². The van der Waals surface area contributed by atoms with Crippen LogP contribution in [0.4, 0.5) is 0 Å². The second-order valence-corrected chi connectivity index (χ2v) is 3.97. The third-order valence-corrected chi connectivity index (χ3v) is 2.34. The fraction of sp³-hybridized carbons (Fsp3) is 0.385. The molecule has 0 aromatic heterocycles. The van der Waals surface area contributed by atoms with Crippen LogP contribution in [0.5, 0.6) is 5.75 Å². The molecule has 0 heterocycles. The van der Waals surface area contributed by atoms with Crippen molar-refractivity contribution in [3.05, 3.63) is 41.5 Å². The standard InChI is InChI=1S/C13H19NO/c1-10(2)8-9-14-11(3)12-6-4-5-7-13(12)15/h4-8,11,14-15H,9H2,1-3H3. The first-order chi connectivity index (χ1) is 7.11. The summed E-state index contributed by atoms with van der Waals surface area (Å²) in [4.78, 5) is 0. The predicted molar refractivity (Wildman–Crippen MR) is 64.0 cm³/mol. The van der Waals surface area contributed by atoms with Crippen LogP contribution in [0.3, 0.4) is 0 Å². The second-order valence-electron chi connectivity index (χ2n) is 3.97. The largest absolute Gasteiger partial charge is 0.508 e. The Hall–Kier alpha value is -1.28. The highest BCUT2D eigenvalue weighted by atomic mass is 16.3. The molecule has 0 saturated heterocycles. The Balaban J connectivity index is 2.58. The number of aromatic hydroxyl groups is 1. The highest BCUT2D eigenvalue weighted by Crippen LogP contribution is 2.22. The molecule has 0 aliphatic carbocycles. The van der Waals surface area contributed by atoms with Crippen LogP contribution in [-0.4, -0.2) is 11.7 Å². The monoisotopic (exact) mass is 205 g/mol. The molecule has 0 saturated carbocycles. The minimum Gasteiger partial charge on any atom is -0.508 e. The minimum atomic E-state index is 0.168. The van der Waals surface area contributed by atoms with Gasteiger partial charge in [-0.2, -0.15) is 0 Å². The van der Waals surface area contributed by atoms with Gasteiger partial charge >= 0.3 is 0 Å². The third kappa shape index (κ3) is 3.76. The highest BCUT2D eigenvalue weighted by molar-refractivity contribution is 5.34. The van der Waals surface area contributed by atoms with Crippen LogP contribution in [0.2, 0.25) is 0 Å². The predicted octanol–water partition coefficient (Wildman–Crippen LogP) is 3.01. The Labute approximate surface area is 91.6 Å². The van der Waals surface area contributed by atoms with Gasteiger partial charge < -0.3 is 10.4 Å². The Kier molecular flexibility index (Phi) is 4.37. The molecule has 2 heteroatoms. The van der Waals surface area contributed by atoms with Crippen LogP contribution in [-0.2, 0) is 0 Å². The Bertz CT molecular complexity index is 340. The molecule has 1 rings (SSSR count). The summed E-state index contributed by atoms with van der Waals surface area (Å²) in [5, 5.41) is 13.0. The van der Waals surface area contributed by atoms with E-state index in [0.717, 1.165) is 12.1 Å². The van der Waals surface area contributed by atoms with Crippen molar-refractivity contribution in [3.8, 4) is 5.75 Å². The maximum absolute atomic E-state index is 9.63. The number of hydrogen-bond acceptors (Lipinski definition) is 2. The van der Waals surface area contributed by atoms with E-state index in [1.807, 2.05) is 25.1 Å². The lowest BCUT2D eigenvalue weighted by atomic mass is 10.1. The summed E-state index contributed by atoms with van der Waals surface area (Å²) in [6.45, 7) is 7.03. The van der Waals surface area contributed by atoms with Crippen molar-refractivity contribution in [2.45, 2.75) is 26.8 Å². The van der Waals surface area contributed by atoms with E-state index in [9.17, 15) is 5.11 Å². The molecule has 0 radical (unpaired) electrons. The molecule has 0 fully saturated rings. The van der Waals surface area contributed by atoms with Crippen LogP contribution < -0.4 is 5.32 Å². The fourth-order valence-electron chi connectivity index (χ4n) is 1.40. The van der Waals surface area contributed by atoms with Gasteiger partial charge in [0.1, 0.15) is 5.75 Å². The molecular formula is C13H19NO. The van der Waals surface area contributed by atoms with Crippen molar-refractivity contribution in [1.82, 2.24) is 5.32 Å². The summed E-state index contributed by atoms with van der Waals surface area (Å²) in [6.07, 6.45) is 2.14. The maximum atomic E-state index is 9.63. The normalized spacial score (nSPS) is 12.2. The molecule has 0 aliphatic rings. The second kappa shape index (κ2) is 5.56. The minimum absolute atomic E-state index is 0.168. The number of allylic oxidation sites excluding steroid dienone is 1. The summed E-state index contributed by atoms with van der Waals surface area (Å²) in [5.41, 5.74) is 2.24. The van der Waals surface area contributed by atoms with E-state index in [-0.39, 0.29) is 6.04 Å². The first-order valence-corrected chi connectivity index (χ1v) is 5.26. The molecule has 2 N–H and O–H groups in total. The number of nitrogens with one attached hydrogen (secondary N) is 1. The van der Waals surface area contributed by atoms with Gasteiger partial charge in [0.15, 0.2) is 0 Å². The van der Waals surface area contributed by atoms with Crippen molar-refractivity contribution in [3.63, 3.8) is 0 Å². The zero-order chi connectivity index (χ0) is 11.3. The zero-order valence-electron chi connectivity index (χ0n) is 9.62. The van der Waals surface area contributed by atoms with Crippen molar-refractivity contribution in [1.29, 1.82) is 0 Å². The average molecular weight is 205 g/mol. The van der Waals surface area contributed by atoms with Crippen molar-refractivity contribution >= 4 is 0 Å². The van der Waals surface area contributed by atoms with Crippen molar-refractivity contribution in [2.75, 3.05) is 6.54 Å². The Morgan fingerprint density at radius 3 is 2.67 bits per heavy atom. The molecule has 0 aliphatic heterocycles. The number of benzene rings is 1. The molecule has 0 bridgehead atoms. The van der Waals surface area contributed by atoms with Crippen molar-refractivity contribution in [2.24, 2.45) is 0 Å². The Morgan fingerprint density at radius 2 is 2.07 bits per heavy atom. The first kappa shape index (κ1) is 11.8. The molecular weight excluding hydrogens is 186 g/mol. The first-order valence-electron chi connectivity index (χ1n) is 5.26. The molecule has 1 atom stereocenters. The van der Waals surface area contributed by atoms with E-state index < -0.39 is 0 Å². The molecule has 1 unspecified atom stereocenters. The van der Waals surface area contributed by atoms with E-state index in [1.54, 1.807) is 6.07 Å². The van der Waals surface area contributed by atoms with Crippen LogP contribution in [0.1, 0.15) is 32.4 Å². The van der Waals surface area contributed by atoms with Gasteiger partial charge in [-0.25, -0.2) is 0 Å². The Morgan fingerprint density at radius 1 is 1.40 bits per heavy atom. The van der Waals surface area contributed by atoms with Crippen LogP contribution in [0, 0.1) is 0 Å². The SMILES string of the molecule is CC(C)=CCNC(C)c1ccccc1O. The molecule has 0 spiro atoms. The van der Waals surface area contributed by atoms with E-state index in [4.69, 9.17) is 0 Å².